The fourth-order valence-corrected chi connectivity index (χ4v) is 5.20. The minimum absolute atomic E-state index is 0.0698. The number of aromatic nitrogens is 3. The van der Waals surface area contributed by atoms with Crippen LogP contribution in [0.5, 0.6) is 5.88 Å². The van der Waals surface area contributed by atoms with Gasteiger partial charge >= 0.3 is 6.03 Å². The number of nitrogens with one attached hydrogen (secondary N) is 2. The van der Waals surface area contributed by atoms with Gasteiger partial charge in [0.15, 0.2) is 0 Å². The lowest BCUT2D eigenvalue weighted by Gasteiger charge is -2.33. The van der Waals surface area contributed by atoms with Crippen LogP contribution in [0.15, 0.2) is 30.0 Å². The number of anilines is 3. The van der Waals surface area contributed by atoms with Crippen LogP contribution in [0.2, 0.25) is 0 Å². The Morgan fingerprint density at radius 1 is 1.26 bits per heavy atom. The molecule has 2 aliphatic heterocycles. The van der Waals surface area contributed by atoms with Gasteiger partial charge in [0.1, 0.15) is 17.7 Å². The zero-order valence-corrected chi connectivity index (χ0v) is 22.6. The summed E-state index contributed by atoms with van der Waals surface area (Å²) in [4.78, 5) is 45.3. The highest BCUT2D eigenvalue weighted by Crippen LogP contribution is 2.32. The van der Waals surface area contributed by atoms with Gasteiger partial charge < -0.3 is 15.0 Å². The van der Waals surface area contributed by atoms with Crippen LogP contribution in [0.1, 0.15) is 28.0 Å². The van der Waals surface area contributed by atoms with Gasteiger partial charge in [-0.25, -0.2) is 9.78 Å². The molecule has 0 spiro atoms. The summed E-state index contributed by atoms with van der Waals surface area (Å²) >= 11 is 1.51. The third kappa shape index (κ3) is 5.92. The van der Waals surface area contributed by atoms with Crippen LogP contribution in [0.25, 0.3) is 0 Å². The summed E-state index contributed by atoms with van der Waals surface area (Å²) in [5.41, 5.74) is 4.43. The number of likely N-dealkylation sites (N-methyl/N-ethyl adjacent to an activating group) is 1. The number of hydrogen-bond acceptors (Lipinski definition) is 10. The van der Waals surface area contributed by atoms with Crippen molar-refractivity contribution < 1.29 is 14.3 Å². The van der Waals surface area contributed by atoms with E-state index < -0.39 is 0 Å². The van der Waals surface area contributed by atoms with E-state index in [9.17, 15) is 14.9 Å². The summed E-state index contributed by atoms with van der Waals surface area (Å²) in [7, 11) is 3.47. The standard InChI is InChI=1S/C26H29N9O3S/c1-33-6-7-34(23(36)15-33)14-18-8-17-4-3-5-35(24(17)32-25(18)38-2)26(37)31-22-9-21(19(10-27)11-30-22)29-13-20-12-28-16-39-20/h8-9,11-12,16H,3-7,13-15H2,1-2H3,(H2,29,30,31,37). The zero-order chi connectivity index (χ0) is 27.4. The number of carbonyl (C=O) groups excluding carboxylic acids is 2. The van der Waals surface area contributed by atoms with E-state index in [-0.39, 0.29) is 11.9 Å². The maximum absolute atomic E-state index is 13.4. The molecule has 3 aromatic rings. The highest BCUT2D eigenvalue weighted by Gasteiger charge is 2.28. The van der Waals surface area contributed by atoms with E-state index in [4.69, 9.17) is 9.72 Å². The van der Waals surface area contributed by atoms with E-state index in [1.807, 2.05) is 22.9 Å². The van der Waals surface area contributed by atoms with E-state index in [2.05, 4.69) is 26.7 Å². The Morgan fingerprint density at radius 2 is 2.13 bits per heavy atom. The third-order valence-electron chi connectivity index (χ3n) is 6.71. The van der Waals surface area contributed by atoms with Crippen LogP contribution in [0.4, 0.5) is 22.1 Å². The number of hydrogen-bond donors (Lipinski definition) is 2. The van der Waals surface area contributed by atoms with Gasteiger partial charge in [0.2, 0.25) is 11.8 Å². The number of fused-ring (bicyclic) bond motifs is 1. The first-order valence-corrected chi connectivity index (χ1v) is 13.5. The Hall–Kier alpha value is -4.28. The number of rotatable bonds is 7. The highest BCUT2D eigenvalue weighted by atomic mass is 32.1. The Labute approximate surface area is 230 Å². The van der Waals surface area contributed by atoms with Gasteiger partial charge in [0, 0.05) is 48.5 Å². The number of pyridine rings is 2. The molecule has 0 aliphatic carbocycles. The molecule has 202 valence electrons. The summed E-state index contributed by atoms with van der Waals surface area (Å²) in [5.74, 6) is 1.31. The van der Waals surface area contributed by atoms with Crippen molar-refractivity contribution in [2.75, 3.05) is 55.9 Å². The van der Waals surface area contributed by atoms with Crippen molar-refractivity contribution in [2.45, 2.75) is 25.9 Å². The number of urea groups is 1. The fourth-order valence-electron chi connectivity index (χ4n) is 4.66. The third-order valence-corrected chi connectivity index (χ3v) is 7.49. The Kier molecular flexibility index (Phi) is 7.85. The average Bonchev–Trinajstić information content (AvgIpc) is 3.46. The molecule has 1 saturated heterocycles. The minimum Gasteiger partial charge on any atom is -0.481 e. The Balaban J connectivity index is 1.33. The molecule has 2 N–H and O–H groups in total. The molecule has 5 rings (SSSR count). The lowest BCUT2D eigenvalue weighted by molar-refractivity contribution is -0.136. The lowest BCUT2D eigenvalue weighted by Crippen LogP contribution is -2.48. The molecule has 2 aliphatic rings. The highest BCUT2D eigenvalue weighted by molar-refractivity contribution is 7.09. The van der Waals surface area contributed by atoms with Gasteiger partial charge in [-0.3, -0.25) is 24.9 Å². The largest absolute Gasteiger partial charge is 0.481 e. The molecule has 3 amide bonds. The molecule has 13 heteroatoms. The quantitative estimate of drug-likeness (QED) is 0.457. The molecule has 1 fully saturated rings. The van der Waals surface area contributed by atoms with E-state index >= 15 is 0 Å². The number of nitrogens with zero attached hydrogens (tertiary/aromatic N) is 7. The number of carbonyl (C=O) groups is 2. The number of thiazole rings is 1. The van der Waals surface area contributed by atoms with Crippen molar-refractivity contribution in [1.29, 1.82) is 5.26 Å². The first-order valence-electron chi connectivity index (χ1n) is 12.6. The van der Waals surface area contributed by atoms with Gasteiger partial charge in [-0.15, -0.1) is 11.3 Å². The van der Waals surface area contributed by atoms with Crippen LogP contribution < -0.4 is 20.3 Å². The van der Waals surface area contributed by atoms with Crippen molar-refractivity contribution in [1.82, 2.24) is 24.8 Å². The summed E-state index contributed by atoms with van der Waals surface area (Å²) in [6.45, 7) is 3.24. The molecule has 0 radical (unpaired) electrons. The van der Waals surface area contributed by atoms with E-state index in [0.717, 1.165) is 35.4 Å². The smallest absolute Gasteiger partial charge is 0.328 e. The number of ether oxygens (including phenoxy) is 1. The zero-order valence-electron chi connectivity index (χ0n) is 21.8. The predicted molar refractivity (Wildman–Crippen MR) is 147 cm³/mol. The topological polar surface area (TPSA) is 140 Å². The predicted octanol–water partition coefficient (Wildman–Crippen LogP) is 2.68. The van der Waals surface area contributed by atoms with Crippen molar-refractivity contribution in [3.8, 4) is 11.9 Å². The molecule has 0 saturated carbocycles. The van der Waals surface area contributed by atoms with Crippen molar-refractivity contribution in [2.24, 2.45) is 0 Å². The molecule has 39 heavy (non-hydrogen) atoms. The SMILES string of the molecule is COc1nc2c(cc1CN1CCN(C)CC1=O)CCCN2C(=O)Nc1cc(NCc2cncs2)c(C#N)cn1. The maximum Gasteiger partial charge on any atom is 0.328 e. The number of nitriles is 1. The summed E-state index contributed by atoms with van der Waals surface area (Å²) in [5, 5.41) is 15.5. The van der Waals surface area contributed by atoms with Crippen LogP contribution in [-0.2, 0) is 24.3 Å². The second-order valence-electron chi connectivity index (χ2n) is 9.43. The van der Waals surface area contributed by atoms with Gasteiger partial charge in [-0.2, -0.15) is 10.2 Å². The van der Waals surface area contributed by atoms with Crippen molar-refractivity contribution in [3.05, 3.63) is 51.6 Å². The molecule has 0 atom stereocenters. The van der Waals surface area contributed by atoms with E-state index in [1.54, 1.807) is 29.8 Å². The molecule has 0 aromatic carbocycles. The van der Waals surface area contributed by atoms with Crippen LogP contribution >= 0.6 is 11.3 Å². The molecule has 5 heterocycles. The first kappa shape index (κ1) is 26.3. The van der Waals surface area contributed by atoms with Gasteiger partial charge in [-0.1, -0.05) is 0 Å². The van der Waals surface area contributed by atoms with Gasteiger partial charge in [0.05, 0.1) is 43.5 Å². The van der Waals surface area contributed by atoms with Gasteiger partial charge in [-0.05, 0) is 31.5 Å². The summed E-state index contributed by atoms with van der Waals surface area (Å²) in [6.07, 6.45) is 4.73. The Morgan fingerprint density at radius 3 is 2.87 bits per heavy atom. The number of amides is 3. The molecule has 0 unspecified atom stereocenters. The van der Waals surface area contributed by atoms with Crippen molar-refractivity contribution in [3.63, 3.8) is 0 Å². The van der Waals surface area contributed by atoms with E-state index in [1.165, 1.54) is 17.5 Å². The fraction of sp³-hybridized carbons (Fsp3) is 0.385. The summed E-state index contributed by atoms with van der Waals surface area (Å²) < 4.78 is 5.58. The number of aryl methyl sites for hydroxylation is 1. The lowest BCUT2D eigenvalue weighted by atomic mass is 10.0. The number of piperazine rings is 1. The Bertz CT molecular complexity index is 1410. The molecular formula is C26H29N9O3S. The average molecular weight is 548 g/mol. The number of methoxy groups -OCH3 is 1. The second kappa shape index (κ2) is 11.6. The van der Waals surface area contributed by atoms with Crippen LogP contribution in [0.3, 0.4) is 0 Å². The molecule has 3 aromatic heterocycles. The second-order valence-corrected chi connectivity index (χ2v) is 10.4. The van der Waals surface area contributed by atoms with Crippen LogP contribution in [-0.4, -0.2) is 77.0 Å². The molecule has 0 bridgehead atoms. The normalized spacial score (nSPS) is 15.5. The monoisotopic (exact) mass is 547 g/mol. The van der Waals surface area contributed by atoms with Crippen LogP contribution in [0, 0.1) is 11.3 Å². The summed E-state index contributed by atoms with van der Waals surface area (Å²) in [6, 6.07) is 5.39. The maximum atomic E-state index is 13.4. The van der Waals surface area contributed by atoms with Crippen molar-refractivity contribution >= 4 is 40.6 Å². The molecule has 12 nitrogen and oxygen atoms in total. The first-order chi connectivity index (χ1) is 18.9. The molecular weight excluding hydrogens is 518 g/mol. The van der Waals surface area contributed by atoms with E-state index in [0.29, 0.717) is 61.5 Å². The van der Waals surface area contributed by atoms with Gasteiger partial charge in [0.25, 0.3) is 0 Å². The minimum atomic E-state index is -0.377.